The molecule has 0 aliphatic carbocycles. The van der Waals surface area contributed by atoms with Crippen molar-refractivity contribution in [2.45, 2.75) is 0 Å². The summed E-state index contributed by atoms with van der Waals surface area (Å²) in [6, 6.07) is 67.7. The highest BCUT2D eigenvalue weighted by atomic mass is 14.2. The number of benzene rings is 11. The highest BCUT2D eigenvalue weighted by molar-refractivity contribution is 6.27. The van der Waals surface area contributed by atoms with Crippen LogP contribution in [0, 0.1) is 0 Å². The fraction of sp³-hybridized carbons (Fsp3) is 0. The zero-order valence-corrected chi connectivity index (χ0v) is 27.3. The van der Waals surface area contributed by atoms with Crippen LogP contribution in [0.3, 0.4) is 0 Å². The van der Waals surface area contributed by atoms with E-state index < -0.39 is 0 Å². The minimum Gasteiger partial charge on any atom is -0.0622 e. The fourth-order valence-corrected chi connectivity index (χ4v) is 8.61. The standard InChI is InChI=1S/C50H30/c1-2-6-31(7-3-1)40-24-27-43(42-26-21-39-19-17-35-9-5-11-37-23-29-45(42)50(39)48(35)37)46(30-40)33-14-12-32(13-15-33)41-25-20-38-18-16-34-8-4-10-36-22-28-44(41)49(38)47(34)36/h1-30H. The quantitative estimate of drug-likeness (QED) is 0.170. The molecule has 0 amide bonds. The molecule has 0 N–H and O–H groups in total. The lowest BCUT2D eigenvalue weighted by Gasteiger charge is -2.18. The molecule has 0 spiro atoms. The van der Waals surface area contributed by atoms with Crippen LogP contribution in [-0.4, -0.2) is 0 Å². The van der Waals surface area contributed by atoms with Crippen molar-refractivity contribution in [1.29, 1.82) is 0 Å². The highest BCUT2D eigenvalue weighted by Crippen LogP contribution is 2.44. The van der Waals surface area contributed by atoms with E-state index >= 15 is 0 Å². The van der Waals surface area contributed by atoms with Crippen molar-refractivity contribution in [3.8, 4) is 44.5 Å². The zero-order chi connectivity index (χ0) is 32.8. The van der Waals surface area contributed by atoms with E-state index in [0.717, 1.165) is 0 Å². The predicted octanol–water partition coefficient (Wildman–Crippen LogP) is 14.1. The van der Waals surface area contributed by atoms with Gasteiger partial charge in [-0.25, -0.2) is 0 Å². The molecule has 0 aliphatic heterocycles. The average Bonchev–Trinajstić information content (AvgIpc) is 3.19. The molecule has 0 nitrogen and oxygen atoms in total. The summed E-state index contributed by atoms with van der Waals surface area (Å²) in [7, 11) is 0. The number of hydrogen-bond acceptors (Lipinski definition) is 0. The van der Waals surface area contributed by atoms with E-state index in [1.54, 1.807) is 0 Å². The second kappa shape index (κ2) is 10.5. The predicted molar refractivity (Wildman–Crippen MR) is 216 cm³/mol. The molecular weight excluding hydrogens is 601 g/mol. The minimum absolute atomic E-state index is 1.21. The van der Waals surface area contributed by atoms with Gasteiger partial charge in [-0.15, -0.1) is 0 Å². The molecule has 0 saturated carbocycles. The summed E-state index contributed by atoms with van der Waals surface area (Å²) in [4.78, 5) is 0. The third kappa shape index (κ3) is 4.00. The Kier molecular flexibility index (Phi) is 5.76. The summed E-state index contributed by atoms with van der Waals surface area (Å²) in [5.41, 5.74) is 9.91. The first kappa shape index (κ1) is 27.5. The first-order chi connectivity index (χ1) is 24.8. The summed E-state index contributed by atoms with van der Waals surface area (Å²) in [5, 5.41) is 15.8. The lowest BCUT2D eigenvalue weighted by Crippen LogP contribution is -1.91. The smallest absolute Gasteiger partial charge is 0.00206 e. The van der Waals surface area contributed by atoms with Crippen LogP contribution < -0.4 is 0 Å². The van der Waals surface area contributed by atoms with E-state index in [0.29, 0.717) is 0 Å². The summed E-state index contributed by atoms with van der Waals surface area (Å²) < 4.78 is 0. The molecule has 0 bridgehead atoms. The van der Waals surface area contributed by atoms with Gasteiger partial charge in [0.25, 0.3) is 0 Å². The van der Waals surface area contributed by atoms with Gasteiger partial charge in [0.15, 0.2) is 0 Å². The maximum atomic E-state index is 2.38. The first-order valence-electron chi connectivity index (χ1n) is 17.4. The topological polar surface area (TPSA) is 0 Å². The minimum atomic E-state index is 1.21. The molecule has 11 aromatic rings. The number of rotatable bonds is 4. The largest absolute Gasteiger partial charge is 0.0622 e. The lowest BCUT2D eigenvalue weighted by atomic mass is 9.85. The van der Waals surface area contributed by atoms with Gasteiger partial charge in [0.05, 0.1) is 0 Å². The molecule has 0 unspecified atom stereocenters. The Balaban J connectivity index is 1.11. The third-order valence-corrected chi connectivity index (χ3v) is 11.0. The third-order valence-electron chi connectivity index (χ3n) is 11.0. The van der Waals surface area contributed by atoms with Gasteiger partial charge in [0.2, 0.25) is 0 Å². The molecule has 230 valence electrons. The molecule has 11 rings (SSSR count). The van der Waals surface area contributed by atoms with Crippen LogP contribution in [-0.2, 0) is 0 Å². The Morgan fingerprint density at radius 1 is 0.200 bits per heavy atom. The summed E-state index contributed by atoms with van der Waals surface area (Å²) in [6.07, 6.45) is 0. The molecule has 0 saturated heterocycles. The van der Waals surface area contributed by atoms with Gasteiger partial charge in [0, 0.05) is 0 Å². The van der Waals surface area contributed by atoms with Crippen molar-refractivity contribution in [2.75, 3.05) is 0 Å². The highest BCUT2D eigenvalue weighted by Gasteiger charge is 2.17. The van der Waals surface area contributed by atoms with Gasteiger partial charge in [-0.1, -0.05) is 176 Å². The molecular formula is C50H30. The molecule has 0 aliphatic rings. The molecule has 0 heteroatoms. The van der Waals surface area contributed by atoms with Crippen molar-refractivity contribution in [2.24, 2.45) is 0 Å². The van der Waals surface area contributed by atoms with Crippen LogP contribution in [0.1, 0.15) is 0 Å². The Bertz CT molecular complexity index is 3030. The second-order valence-electron chi connectivity index (χ2n) is 13.6. The van der Waals surface area contributed by atoms with Crippen molar-refractivity contribution >= 4 is 64.6 Å². The van der Waals surface area contributed by atoms with E-state index in [9.17, 15) is 0 Å². The van der Waals surface area contributed by atoms with E-state index in [1.807, 2.05) is 0 Å². The van der Waals surface area contributed by atoms with Gasteiger partial charge in [-0.05, 0) is 115 Å². The summed E-state index contributed by atoms with van der Waals surface area (Å²) in [5.74, 6) is 0. The fourth-order valence-electron chi connectivity index (χ4n) is 8.61. The number of hydrogen-bond donors (Lipinski definition) is 0. The van der Waals surface area contributed by atoms with E-state index in [1.165, 1.54) is 109 Å². The molecule has 0 aromatic heterocycles. The van der Waals surface area contributed by atoms with Gasteiger partial charge >= 0.3 is 0 Å². The van der Waals surface area contributed by atoms with Gasteiger partial charge in [-0.3, -0.25) is 0 Å². The second-order valence-corrected chi connectivity index (χ2v) is 13.6. The summed E-state index contributed by atoms with van der Waals surface area (Å²) >= 11 is 0. The van der Waals surface area contributed by atoms with Gasteiger partial charge in [-0.2, -0.15) is 0 Å². The van der Waals surface area contributed by atoms with Crippen molar-refractivity contribution < 1.29 is 0 Å². The van der Waals surface area contributed by atoms with E-state index in [4.69, 9.17) is 0 Å². The van der Waals surface area contributed by atoms with Gasteiger partial charge in [0.1, 0.15) is 0 Å². The molecule has 0 atom stereocenters. The monoisotopic (exact) mass is 630 g/mol. The molecule has 0 heterocycles. The first-order valence-corrected chi connectivity index (χ1v) is 17.4. The SMILES string of the molecule is c1ccc(-c2ccc(-c3ccc4ccc5cccc6ccc3c4c56)c(-c3ccc(-c4ccc5ccc6cccc7ccc4c5c67)cc3)c2)cc1. The maximum Gasteiger partial charge on any atom is -0.00206 e. The lowest BCUT2D eigenvalue weighted by molar-refractivity contribution is 1.57. The molecule has 0 fully saturated rings. The zero-order valence-electron chi connectivity index (χ0n) is 27.3. The van der Waals surface area contributed by atoms with Crippen LogP contribution in [0.4, 0.5) is 0 Å². The Morgan fingerprint density at radius 2 is 0.620 bits per heavy atom. The Labute approximate surface area is 290 Å². The van der Waals surface area contributed by atoms with Crippen LogP contribution in [0.15, 0.2) is 182 Å². The van der Waals surface area contributed by atoms with Crippen LogP contribution in [0.25, 0.3) is 109 Å². The van der Waals surface area contributed by atoms with Crippen molar-refractivity contribution in [3.63, 3.8) is 0 Å². The summed E-state index contributed by atoms with van der Waals surface area (Å²) in [6.45, 7) is 0. The average molecular weight is 631 g/mol. The maximum absolute atomic E-state index is 2.38. The Hall–Kier alpha value is -6.50. The molecule has 11 aromatic carbocycles. The van der Waals surface area contributed by atoms with Crippen LogP contribution in [0.5, 0.6) is 0 Å². The van der Waals surface area contributed by atoms with Crippen molar-refractivity contribution in [1.82, 2.24) is 0 Å². The van der Waals surface area contributed by atoms with E-state index in [-0.39, 0.29) is 0 Å². The van der Waals surface area contributed by atoms with Gasteiger partial charge < -0.3 is 0 Å². The van der Waals surface area contributed by atoms with E-state index in [2.05, 4.69) is 182 Å². The molecule has 50 heavy (non-hydrogen) atoms. The Morgan fingerprint density at radius 3 is 1.20 bits per heavy atom. The van der Waals surface area contributed by atoms with Crippen LogP contribution in [0.2, 0.25) is 0 Å². The van der Waals surface area contributed by atoms with Crippen molar-refractivity contribution in [3.05, 3.63) is 182 Å². The normalized spacial score (nSPS) is 12.0. The molecule has 0 radical (unpaired) electrons. The van der Waals surface area contributed by atoms with Crippen LogP contribution >= 0.6 is 0 Å².